The van der Waals surface area contributed by atoms with Gasteiger partial charge >= 0.3 is 0 Å². The highest BCUT2D eigenvalue weighted by molar-refractivity contribution is 5.76. The first-order valence-electron chi connectivity index (χ1n) is 9.43. The molecule has 4 heterocycles. The fraction of sp³-hybridized carbons (Fsp3) is 0.350. The van der Waals surface area contributed by atoms with E-state index in [1.165, 1.54) is 0 Å². The Morgan fingerprint density at radius 3 is 3.07 bits per heavy atom. The number of carbonyl (C=O) groups is 1. The summed E-state index contributed by atoms with van der Waals surface area (Å²) < 4.78 is 1.82. The number of pyridine rings is 1. The van der Waals surface area contributed by atoms with Crippen molar-refractivity contribution in [3.63, 3.8) is 0 Å². The Hall–Kier alpha value is -3.47. The van der Waals surface area contributed by atoms with Crippen molar-refractivity contribution >= 4 is 17.4 Å². The number of hydrogen-bond acceptors (Lipinski definition) is 6. The molecule has 8 nitrogen and oxygen atoms in total. The molecule has 8 heteroatoms. The Morgan fingerprint density at radius 2 is 2.25 bits per heavy atom. The van der Waals surface area contributed by atoms with Crippen molar-refractivity contribution in [2.45, 2.75) is 32.2 Å². The van der Waals surface area contributed by atoms with Crippen molar-refractivity contribution in [2.24, 2.45) is 0 Å². The molecule has 1 atom stereocenters. The number of aromatic nitrogens is 4. The summed E-state index contributed by atoms with van der Waals surface area (Å²) in [4.78, 5) is 27.3. The molecule has 1 amide bonds. The van der Waals surface area contributed by atoms with Gasteiger partial charge in [-0.3, -0.25) is 9.20 Å². The molecule has 1 saturated heterocycles. The largest absolute Gasteiger partial charge is 0.365 e. The van der Waals surface area contributed by atoms with E-state index in [9.17, 15) is 4.79 Å². The number of likely N-dealkylation sites (tertiary alicyclic amines) is 1. The van der Waals surface area contributed by atoms with E-state index in [0.717, 1.165) is 30.7 Å². The number of hydrogen-bond donors (Lipinski definition) is 1. The van der Waals surface area contributed by atoms with Crippen LogP contribution in [0.1, 0.15) is 31.7 Å². The average Bonchev–Trinajstić information content (AvgIpc) is 3.16. The molecule has 1 N–H and O–H groups in total. The zero-order valence-electron chi connectivity index (χ0n) is 15.7. The normalized spacial score (nSPS) is 16.7. The predicted octanol–water partition coefficient (Wildman–Crippen LogP) is 2.48. The van der Waals surface area contributed by atoms with Crippen LogP contribution >= 0.6 is 0 Å². The van der Waals surface area contributed by atoms with E-state index in [0.29, 0.717) is 30.2 Å². The second kappa shape index (κ2) is 7.64. The van der Waals surface area contributed by atoms with Crippen LogP contribution in [0.15, 0.2) is 36.8 Å². The lowest BCUT2D eigenvalue weighted by Crippen LogP contribution is -2.45. The van der Waals surface area contributed by atoms with Crippen LogP contribution in [0.25, 0.3) is 17.2 Å². The van der Waals surface area contributed by atoms with E-state index in [1.807, 2.05) is 22.3 Å². The molecule has 1 aliphatic heterocycles. The van der Waals surface area contributed by atoms with Gasteiger partial charge in [-0.15, -0.1) is 0 Å². The first-order valence-corrected chi connectivity index (χ1v) is 9.43. The van der Waals surface area contributed by atoms with Crippen LogP contribution < -0.4 is 5.32 Å². The fourth-order valence-corrected chi connectivity index (χ4v) is 3.53. The molecule has 1 fully saturated rings. The van der Waals surface area contributed by atoms with Crippen molar-refractivity contribution in [1.29, 1.82) is 5.26 Å². The van der Waals surface area contributed by atoms with E-state index in [4.69, 9.17) is 5.26 Å². The van der Waals surface area contributed by atoms with Gasteiger partial charge in [0.25, 0.3) is 0 Å². The number of nitrogens with zero attached hydrogens (tertiary/aromatic N) is 6. The zero-order valence-corrected chi connectivity index (χ0v) is 15.7. The van der Waals surface area contributed by atoms with Crippen molar-refractivity contribution in [3.8, 4) is 17.6 Å². The maximum Gasteiger partial charge on any atom is 0.222 e. The number of carbonyl (C=O) groups excluding carboxylic acids is 1. The Morgan fingerprint density at radius 1 is 1.36 bits per heavy atom. The standard InChI is InChI=1S/C20H21N7O/c1-2-19(28)26-9-3-4-15(13-26)24-17-7-8-22-20(25-17)16-11-23-18-6-5-14(10-21)12-27(16)18/h5-8,11-12,15H,2-4,9,13H2,1H3,(H,22,24,25). The molecular formula is C20H21N7O. The molecule has 0 spiro atoms. The lowest BCUT2D eigenvalue weighted by atomic mass is 10.1. The number of nitrogens with one attached hydrogen (secondary N) is 1. The van der Waals surface area contributed by atoms with Crippen molar-refractivity contribution in [1.82, 2.24) is 24.3 Å². The minimum Gasteiger partial charge on any atom is -0.365 e. The monoisotopic (exact) mass is 375 g/mol. The van der Waals surface area contributed by atoms with Gasteiger partial charge in [-0.05, 0) is 31.0 Å². The summed E-state index contributed by atoms with van der Waals surface area (Å²) in [5.41, 5.74) is 2.00. The molecule has 28 heavy (non-hydrogen) atoms. The summed E-state index contributed by atoms with van der Waals surface area (Å²) in [6.45, 7) is 3.40. The Bertz CT molecular complexity index is 1050. The van der Waals surface area contributed by atoms with Gasteiger partial charge in [-0.2, -0.15) is 5.26 Å². The number of nitriles is 1. The lowest BCUT2D eigenvalue weighted by Gasteiger charge is -2.33. The van der Waals surface area contributed by atoms with Gasteiger partial charge in [-0.1, -0.05) is 6.92 Å². The van der Waals surface area contributed by atoms with Gasteiger partial charge < -0.3 is 10.2 Å². The number of amides is 1. The van der Waals surface area contributed by atoms with Crippen LogP contribution in [0.5, 0.6) is 0 Å². The summed E-state index contributed by atoms with van der Waals surface area (Å²) in [7, 11) is 0. The Balaban J connectivity index is 1.57. The van der Waals surface area contributed by atoms with Crippen LogP contribution in [0.3, 0.4) is 0 Å². The summed E-state index contributed by atoms with van der Waals surface area (Å²) in [6.07, 6.45) is 7.65. The van der Waals surface area contributed by atoms with Crippen molar-refractivity contribution < 1.29 is 4.79 Å². The number of anilines is 1. The second-order valence-corrected chi connectivity index (χ2v) is 6.84. The highest BCUT2D eigenvalue weighted by Gasteiger charge is 2.23. The van der Waals surface area contributed by atoms with E-state index in [-0.39, 0.29) is 11.9 Å². The second-order valence-electron chi connectivity index (χ2n) is 6.84. The third kappa shape index (κ3) is 3.51. The van der Waals surface area contributed by atoms with Crippen LogP contribution in [0.4, 0.5) is 5.82 Å². The van der Waals surface area contributed by atoms with Gasteiger partial charge in [-0.25, -0.2) is 15.0 Å². The molecule has 0 bridgehead atoms. The number of rotatable bonds is 4. The third-order valence-electron chi connectivity index (χ3n) is 4.95. The van der Waals surface area contributed by atoms with Gasteiger partial charge in [0.2, 0.25) is 5.91 Å². The summed E-state index contributed by atoms with van der Waals surface area (Å²) in [5, 5.41) is 12.6. The van der Waals surface area contributed by atoms with E-state index >= 15 is 0 Å². The summed E-state index contributed by atoms with van der Waals surface area (Å²) in [6, 6.07) is 7.66. The molecule has 142 valence electrons. The predicted molar refractivity (Wildman–Crippen MR) is 104 cm³/mol. The summed E-state index contributed by atoms with van der Waals surface area (Å²) in [5.74, 6) is 1.44. The lowest BCUT2D eigenvalue weighted by molar-refractivity contribution is -0.131. The molecule has 0 radical (unpaired) electrons. The van der Waals surface area contributed by atoms with E-state index in [2.05, 4.69) is 26.3 Å². The smallest absolute Gasteiger partial charge is 0.222 e. The minimum atomic E-state index is 0.166. The molecule has 0 aliphatic carbocycles. The number of imidazole rings is 1. The van der Waals surface area contributed by atoms with Crippen LogP contribution in [-0.4, -0.2) is 49.3 Å². The topological polar surface area (TPSA) is 99.2 Å². The maximum absolute atomic E-state index is 12.0. The highest BCUT2D eigenvalue weighted by Crippen LogP contribution is 2.21. The molecule has 3 aromatic heterocycles. The Labute approximate surface area is 162 Å². The molecule has 4 rings (SSSR count). The third-order valence-corrected chi connectivity index (χ3v) is 4.95. The van der Waals surface area contributed by atoms with Crippen LogP contribution in [0.2, 0.25) is 0 Å². The first-order chi connectivity index (χ1) is 13.7. The van der Waals surface area contributed by atoms with Gasteiger partial charge in [0.15, 0.2) is 5.82 Å². The molecule has 0 saturated carbocycles. The van der Waals surface area contributed by atoms with E-state index in [1.54, 1.807) is 30.7 Å². The van der Waals surface area contributed by atoms with Gasteiger partial charge in [0, 0.05) is 37.9 Å². The minimum absolute atomic E-state index is 0.166. The van der Waals surface area contributed by atoms with E-state index < -0.39 is 0 Å². The Kier molecular flexibility index (Phi) is 4.89. The number of piperidine rings is 1. The van der Waals surface area contributed by atoms with Gasteiger partial charge in [0.05, 0.1) is 11.8 Å². The molecule has 0 aromatic carbocycles. The van der Waals surface area contributed by atoms with Gasteiger partial charge in [0.1, 0.15) is 23.2 Å². The molecule has 3 aromatic rings. The molecular weight excluding hydrogens is 354 g/mol. The summed E-state index contributed by atoms with van der Waals surface area (Å²) >= 11 is 0. The quantitative estimate of drug-likeness (QED) is 0.752. The molecule has 1 aliphatic rings. The van der Waals surface area contributed by atoms with Crippen molar-refractivity contribution in [2.75, 3.05) is 18.4 Å². The molecule has 1 unspecified atom stereocenters. The van der Waals surface area contributed by atoms with Crippen molar-refractivity contribution in [3.05, 3.63) is 42.4 Å². The fourth-order valence-electron chi connectivity index (χ4n) is 3.53. The van der Waals surface area contributed by atoms with Crippen LogP contribution in [0, 0.1) is 11.3 Å². The highest BCUT2D eigenvalue weighted by atomic mass is 16.2. The zero-order chi connectivity index (χ0) is 19.5. The van der Waals surface area contributed by atoms with Crippen LogP contribution in [-0.2, 0) is 4.79 Å². The average molecular weight is 375 g/mol. The first kappa shape index (κ1) is 17.9. The SMILES string of the molecule is CCC(=O)N1CCCC(Nc2ccnc(-c3cnc4ccc(C#N)cn34)n2)C1. The number of fused-ring (bicyclic) bond motifs is 1. The maximum atomic E-state index is 12.0.